The number of rotatable bonds is 0. The number of halogens is 6. The Kier molecular flexibility index (Phi) is 3.50. The van der Waals surface area contributed by atoms with E-state index >= 15 is 0 Å². The lowest BCUT2D eigenvalue weighted by atomic mass is 9.68. The smallest absolute Gasteiger partial charge is 0.171 e. The van der Waals surface area contributed by atoms with E-state index in [9.17, 15) is 26.3 Å². The molecule has 16 heavy (non-hydrogen) atoms. The zero-order chi connectivity index (χ0) is 12.7. The van der Waals surface area contributed by atoms with Crippen molar-refractivity contribution in [2.45, 2.75) is 39.0 Å². The Labute approximate surface area is 90.0 Å². The van der Waals surface area contributed by atoms with Crippen molar-refractivity contribution in [2.75, 3.05) is 0 Å². The van der Waals surface area contributed by atoms with Crippen molar-refractivity contribution in [3.63, 3.8) is 0 Å². The monoisotopic (exact) mass is 248 g/mol. The predicted octanol–water partition coefficient (Wildman–Crippen LogP) is 4.41. The molecule has 0 N–H and O–H groups in total. The van der Waals surface area contributed by atoms with Crippen LogP contribution in [0, 0.1) is 23.7 Å². The molecule has 6 heteroatoms. The van der Waals surface area contributed by atoms with E-state index in [4.69, 9.17) is 0 Å². The maximum atomic E-state index is 12.6. The molecule has 0 aromatic carbocycles. The maximum absolute atomic E-state index is 12.6. The summed E-state index contributed by atoms with van der Waals surface area (Å²) in [5, 5.41) is 0. The second-order valence-electron chi connectivity index (χ2n) is 4.77. The highest BCUT2D eigenvalue weighted by atomic mass is 19.4. The van der Waals surface area contributed by atoms with Gasteiger partial charge in [0, 0.05) is 0 Å². The molecule has 1 rings (SSSR count). The Hall–Kier alpha value is -0.420. The van der Waals surface area contributed by atoms with E-state index in [1.54, 1.807) is 6.92 Å². The number of hydrogen-bond acceptors (Lipinski definition) is 0. The van der Waals surface area contributed by atoms with E-state index in [2.05, 4.69) is 0 Å². The van der Waals surface area contributed by atoms with Crippen molar-refractivity contribution in [1.29, 1.82) is 0 Å². The van der Waals surface area contributed by atoms with Gasteiger partial charge in [0.15, 0.2) is 0 Å². The van der Waals surface area contributed by atoms with Gasteiger partial charge in [-0.3, -0.25) is 0 Å². The molecule has 0 spiro atoms. The molecular weight excluding hydrogens is 234 g/mol. The van der Waals surface area contributed by atoms with Crippen molar-refractivity contribution >= 4 is 0 Å². The first-order chi connectivity index (χ1) is 7.03. The molecule has 0 bridgehead atoms. The second-order valence-corrected chi connectivity index (χ2v) is 4.77. The van der Waals surface area contributed by atoms with Crippen molar-refractivity contribution in [2.24, 2.45) is 23.7 Å². The largest absolute Gasteiger partial charge is 0.392 e. The molecule has 1 fully saturated rings. The normalized spacial score (nSPS) is 37.5. The van der Waals surface area contributed by atoms with Gasteiger partial charge in [-0.2, -0.15) is 26.3 Å². The summed E-state index contributed by atoms with van der Waals surface area (Å²) in [6.45, 7) is 2.83. The molecule has 4 atom stereocenters. The van der Waals surface area contributed by atoms with Gasteiger partial charge < -0.3 is 0 Å². The van der Waals surface area contributed by atoms with E-state index in [0.717, 1.165) is 0 Å². The zero-order valence-electron chi connectivity index (χ0n) is 8.99. The first-order valence-electron chi connectivity index (χ1n) is 5.17. The van der Waals surface area contributed by atoms with Crippen molar-refractivity contribution in [3.8, 4) is 0 Å². The van der Waals surface area contributed by atoms with E-state index in [-0.39, 0.29) is 12.3 Å². The van der Waals surface area contributed by atoms with Crippen LogP contribution in [0.4, 0.5) is 26.3 Å². The third-order valence-electron chi connectivity index (χ3n) is 3.28. The van der Waals surface area contributed by atoms with Crippen LogP contribution in [-0.2, 0) is 0 Å². The molecule has 0 aromatic heterocycles. The lowest BCUT2D eigenvalue weighted by Gasteiger charge is -2.41. The summed E-state index contributed by atoms with van der Waals surface area (Å²) in [5.74, 6) is -5.76. The summed E-state index contributed by atoms with van der Waals surface area (Å²) in [4.78, 5) is 0. The summed E-state index contributed by atoms with van der Waals surface area (Å²) in [7, 11) is 0. The lowest BCUT2D eigenvalue weighted by molar-refractivity contribution is -0.276. The van der Waals surface area contributed by atoms with Gasteiger partial charge in [0.2, 0.25) is 0 Å². The van der Waals surface area contributed by atoms with Crippen LogP contribution in [0.15, 0.2) is 0 Å². The maximum Gasteiger partial charge on any atom is 0.392 e. The minimum atomic E-state index is -4.76. The van der Waals surface area contributed by atoms with Gasteiger partial charge in [0.25, 0.3) is 0 Å². The third-order valence-corrected chi connectivity index (χ3v) is 3.28. The molecule has 96 valence electrons. The minimum Gasteiger partial charge on any atom is -0.171 e. The highest BCUT2D eigenvalue weighted by Gasteiger charge is 2.58. The van der Waals surface area contributed by atoms with E-state index in [1.807, 2.05) is 0 Å². The van der Waals surface area contributed by atoms with Crippen molar-refractivity contribution < 1.29 is 26.3 Å². The summed E-state index contributed by atoms with van der Waals surface area (Å²) in [6.07, 6.45) is -9.74. The van der Waals surface area contributed by atoms with Gasteiger partial charge in [0.1, 0.15) is 0 Å². The molecule has 0 radical (unpaired) electrons. The van der Waals surface area contributed by atoms with Gasteiger partial charge in [-0.15, -0.1) is 0 Å². The van der Waals surface area contributed by atoms with Crippen LogP contribution >= 0.6 is 0 Å². The standard InChI is InChI=1S/C10H14F6/c1-5-3-6(2)8(10(14,15)16)7(4-5)9(11,12)13/h5-8H,3-4H2,1-2H3. The number of alkyl halides is 6. The van der Waals surface area contributed by atoms with Gasteiger partial charge in [-0.1, -0.05) is 13.8 Å². The van der Waals surface area contributed by atoms with Crippen molar-refractivity contribution in [1.82, 2.24) is 0 Å². The first kappa shape index (κ1) is 13.6. The third kappa shape index (κ3) is 2.83. The highest BCUT2D eigenvalue weighted by molar-refractivity contribution is 4.90. The van der Waals surface area contributed by atoms with E-state index in [0.29, 0.717) is 0 Å². The van der Waals surface area contributed by atoms with Crippen LogP contribution in [0.2, 0.25) is 0 Å². The Bertz CT molecular complexity index is 241. The molecule has 0 heterocycles. The summed E-state index contributed by atoms with van der Waals surface area (Å²) < 4.78 is 75.5. The fourth-order valence-electron chi connectivity index (χ4n) is 2.74. The molecule has 1 aliphatic rings. The topological polar surface area (TPSA) is 0 Å². The SMILES string of the molecule is CC1CC(C)C(C(F)(F)F)C(C(F)(F)F)C1. The van der Waals surface area contributed by atoms with Gasteiger partial charge in [-0.25, -0.2) is 0 Å². The van der Waals surface area contributed by atoms with Crippen LogP contribution in [-0.4, -0.2) is 12.4 Å². The summed E-state index contributed by atoms with van der Waals surface area (Å²) >= 11 is 0. The van der Waals surface area contributed by atoms with E-state index in [1.165, 1.54) is 6.92 Å². The molecule has 0 aliphatic heterocycles. The fourth-order valence-corrected chi connectivity index (χ4v) is 2.74. The molecular formula is C10H14F6. The number of hydrogen-bond donors (Lipinski definition) is 0. The molecule has 0 amide bonds. The van der Waals surface area contributed by atoms with Crippen molar-refractivity contribution in [3.05, 3.63) is 0 Å². The molecule has 0 saturated heterocycles. The van der Waals surface area contributed by atoms with Crippen LogP contribution in [0.25, 0.3) is 0 Å². The average Bonchev–Trinajstić information content (AvgIpc) is 1.97. The lowest BCUT2D eigenvalue weighted by Crippen LogP contribution is -2.46. The molecule has 1 aliphatic carbocycles. The Morgan fingerprint density at radius 2 is 1.31 bits per heavy atom. The Morgan fingerprint density at radius 1 is 0.812 bits per heavy atom. The highest BCUT2D eigenvalue weighted by Crippen LogP contribution is 2.52. The fraction of sp³-hybridized carbons (Fsp3) is 1.00. The summed E-state index contributed by atoms with van der Waals surface area (Å²) in [6, 6.07) is 0. The quantitative estimate of drug-likeness (QED) is 0.557. The molecule has 0 aromatic rings. The predicted molar refractivity (Wildman–Crippen MR) is 46.7 cm³/mol. The summed E-state index contributed by atoms with van der Waals surface area (Å²) in [5.41, 5.74) is 0. The first-order valence-corrected chi connectivity index (χ1v) is 5.17. The van der Waals surface area contributed by atoms with Gasteiger partial charge >= 0.3 is 12.4 Å². The molecule has 0 nitrogen and oxygen atoms in total. The zero-order valence-corrected chi connectivity index (χ0v) is 8.99. The van der Waals surface area contributed by atoms with Gasteiger partial charge in [-0.05, 0) is 24.7 Å². The molecule has 4 unspecified atom stereocenters. The molecule has 1 saturated carbocycles. The van der Waals surface area contributed by atoms with Gasteiger partial charge in [0.05, 0.1) is 11.8 Å². The second kappa shape index (κ2) is 4.11. The minimum absolute atomic E-state index is 0.205. The average molecular weight is 248 g/mol. The van der Waals surface area contributed by atoms with E-state index < -0.39 is 36.5 Å². The Morgan fingerprint density at radius 3 is 1.69 bits per heavy atom. The van der Waals surface area contributed by atoms with Crippen LogP contribution < -0.4 is 0 Å². The Balaban J connectivity index is 2.99. The van der Waals surface area contributed by atoms with Crippen LogP contribution in [0.5, 0.6) is 0 Å². The van der Waals surface area contributed by atoms with Crippen LogP contribution in [0.1, 0.15) is 26.7 Å². The van der Waals surface area contributed by atoms with Crippen LogP contribution in [0.3, 0.4) is 0 Å².